The number of hydrogen-bond donors (Lipinski definition) is 1. The summed E-state index contributed by atoms with van der Waals surface area (Å²) in [6.45, 7) is 0. The summed E-state index contributed by atoms with van der Waals surface area (Å²) in [5.41, 5.74) is 1.82. The fraction of sp³-hybridized carbons (Fsp3) is 0.571. The molecule has 0 unspecified atom stereocenters. The molecule has 0 radical (unpaired) electrons. The Morgan fingerprint density at radius 2 is 2.26 bits per heavy atom. The molecule has 1 saturated carbocycles. The van der Waals surface area contributed by atoms with E-state index < -0.39 is 6.09 Å². The number of rotatable bonds is 1. The molecule has 5 nitrogen and oxygen atoms in total. The van der Waals surface area contributed by atoms with Crippen LogP contribution in [0.1, 0.15) is 19.3 Å². The van der Waals surface area contributed by atoms with Gasteiger partial charge in [0.25, 0.3) is 5.91 Å². The number of carbonyl (C=O) groups is 2. The number of amides is 2. The zero-order chi connectivity index (χ0) is 13.7. The Morgan fingerprint density at radius 1 is 1.53 bits per heavy atom. The van der Waals surface area contributed by atoms with Crippen molar-refractivity contribution in [3.8, 4) is 0 Å². The molecular weight excluding hydrogens is 244 g/mol. The number of likely N-dealkylation sites (tertiary alicyclic amines) is 1. The number of carboxylic acid groups (broad SMARTS) is 1. The standard InChI is InChI=1S/C14H18N2O3/c1-15(2)7-11-10-6-8-4-3-5-9(8)12(10)16(13(11)17)14(18)19/h5,7-8,10,12H,3-4,6H2,1-2H3,(H,18,19)/b11-7+/t8-,10+,12+/m0/s1. The van der Waals surface area contributed by atoms with Crippen LogP contribution in [0, 0.1) is 11.8 Å². The number of imide groups is 1. The van der Waals surface area contributed by atoms with Gasteiger partial charge >= 0.3 is 6.09 Å². The molecular formula is C14H18N2O3. The quantitative estimate of drug-likeness (QED) is 0.577. The lowest BCUT2D eigenvalue weighted by Gasteiger charge is -2.19. The molecule has 0 aromatic heterocycles. The third-order valence-corrected chi connectivity index (χ3v) is 4.37. The lowest BCUT2D eigenvalue weighted by atomic mass is 9.96. The van der Waals surface area contributed by atoms with Crippen molar-refractivity contribution in [2.75, 3.05) is 14.1 Å². The first kappa shape index (κ1) is 12.3. The average Bonchev–Trinajstić information content (AvgIpc) is 2.92. The van der Waals surface area contributed by atoms with Crippen molar-refractivity contribution in [2.24, 2.45) is 11.8 Å². The van der Waals surface area contributed by atoms with E-state index in [1.807, 2.05) is 19.0 Å². The predicted octanol–water partition coefficient (Wildman–Crippen LogP) is 1.68. The van der Waals surface area contributed by atoms with E-state index in [0.29, 0.717) is 11.5 Å². The molecule has 19 heavy (non-hydrogen) atoms. The van der Waals surface area contributed by atoms with Crippen LogP contribution in [-0.4, -0.2) is 47.0 Å². The predicted molar refractivity (Wildman–Crippen MR) is 69.3 cm³/mol. The average molecular weight is 262 g/mol. The number of allylic oxidation sites excluding steroid dienone is 1. The van der Waals surface area contributed by atoms with Gasteiger partial charge in [-0.15, -0.1) is 0 Å². The third kappa shape index (κ3) is 1.68. The molecule has 1 N–H and O–H groups in total. The van der Waals surface area contributed by atoms with E-state index in [2.05, 4.69) is 6.08 Å². The van der Waals surface area contributed by atoms with Gasteiger partial charge in [0.2, 0.25) is 0 Å². The van der Waals surface area contributed by atoms with Gasteiger partial charge in [-0.3, -0.25) is 4.79 Å². The van der Waals surface area contributed by atoms with Crippen LogP contribution in [0.25, 0.3) is 0 Å². The molecule has 102 valence electrons. The Morgan fingerprint density at radius 3 is 2.89 bits per heavy atom. The molecule has 2 amide bonds. The Labute approximate surface area is 112 Å². The van der Waals surface area contributed by atoms with Crippen molar-refractivity contribution in [3.63, 3.8) is 0 Å². The molecule has 0 bridgehead atoms. The van der Waals surface area contributed by atoms with Gasteiger partial charge in [0.15, 0.2) is 0 Å². The Kier molecular flexibility index (Phi) is 2.66. The van der Waals surface area contributed by atoms with E-state index in [0.717, 1.165) is 24.2 Å². The molecule has 1 saturated heterocycles. The maximum Gasteiger partial charge on any atom is 0.414 e. The minimum absolute atomic E-state index is 0.0440. The number of hydrogen-bond acceptors (Lipinski definition) is 3. The van der Waals surface area contributed by atoms with Crippen LogP contribution in [-0.2, 0) is 4.79 Å². The van der Waals surface area contributed by atoms with Gasteiger partial charge in [0.05, 0.1) is 6.04 Å². The highest BCUT2D eigenvalue weighted by molar-refractivity contribution is 6.06. The van der Waals surface area contributed by atoms with Gasteiger partial charge in [-0.1, -0.05) is 6.08 Å². The first-order chi connectivity index (χ1) is 9.00. The Bertz CT molecular complexity index is 507. The number of nitrogens with zero attached hydrogens (tertiary/aromatic N) is 2. The first-order valence-electron chi connectivity index (χ1n) is 6.65. The van der Waals surface area contributed by atoms with Crippen LogP contribution < -0.4 is 0 Å². The molecule has 5 heteroatoms. The van der Waals surface area contributed by atoms with Gasteiger partial charge in [-0.25, -0.2) is 9.69 Å². The molecule has 0 spiro atoms. The van der Waals surface area contributed by atoms with E-state index in [4.69, 9.17) is 0 Å². The van der Waals surface area contributed by atoms with E-state index in [9.17, 15) is 14.7 Å². The molecule has 3 atom stereocenters. The van der Waals surface area contributed by atoms with Crippen molar-refractivity contribution in [2.45, 2.75) is 25.3 Å². The summed E-state index contributed by atoms with van der Waals surface area (Å²) in [7, 11) is 3.71. The zero-order valence-electron chi connectivity index (χ0n) is 11.2. The molecule has 0 aromatic rings. The smallest absolute Gasteiger partial charge is 0.414 e. The van der Waals surface area contributed by atoms with Crippen molar-refractivity contribution in [1.82, 2.24) is 9.80 Å². The minimum Gasteiger partial charge on any atom is -0.465 e. The van der Waals surface area contributed by atoms with Gasteiger partial charge in [-0.05, 0) is 30.8 Å². The van der Waals surface area contributed by atoms with E-state index in [-0.39, 0.29) is 17.9 Å². The molecule has 2 aliphatic carbocycles. The van der Waals surface area contributed by atoms with Crippen molar-refractivity contribution in [1.29, 1.82) is 0 Å². The normalized spacial score (nSPS) is 34.5. The Hall–Kier alpha value is -1.78. The second-order valence-corrected chi connectivity index (χ2v) is 5.77. The molecule has 3 aliphatic rings. The highest BCUT2D eigenvalue weighted by Crippen LogP contribution is 2.51. The summed E-state index contributed by atoms with van der Waals surface area (Å²) in [6.07, 6.45) is 5.81. The maximum atomic E-state index is 12.3. The number of fused-ring (bicyclic) bond motifs is 3. The number of carbonyl (C=O) groups excluding carboxylic acids is 1. The van der Waals surface area contributed by atoms with Gasteiger partial charge in [0.1, 0.15) is 0 Å². The summed E-state index contributed by atoms with van der Waals surface area (Å²) in [4.78, 5) is 26.6. The minimum atomic E-state index is -1.13. The lowest BCUT2D eigenvalue weighted by Crippen LogP contribution is -2.39. The molecule has 1 heterocycles. The van der Waals surface area contributed by atoms with Crippen LogP contribution in [0.3, 0.4) is 0 Å². The van der Waals surface area contributed by atoms with Crippen molar-refractivity contribution >= 4 is 12.0 Å². The SMILES string of the molecule is CN(C)/C=C1/C(=O)N(C(=O)O)[C@@H]2C3=CCC[C@H]3C[C@H]12. The monoisotopic (exact) mass is 262 g/mol. The molecule has 2 fully saturated rings. The highest BCUT2D eigenvalue weighted by atomic mass is 16.4. The molecule has 3 rings (SSSR count). The summed E-state index contributed by atoms with van der Waals surface area (Å²) in [5, 5.41) is 9.34. The van der Waals surface area contributed by atoms with Crippen LogP contribution in [0.5, 0.6) is 0 Å². The topological polar surface area (TPSA) is 60.9 Å². The van der Waals surface area contributed by atoms with Crippen LogP contribution >= 0.6 is 0 Å². The summed E-state index contributed by atoms with van der Waals surface area (Å²) >= 11 is 0. The van der Waals surface area contributed by atoms with E-state index >= 15 is 0 Å². The van der Waals surface area contributed by atoms with Crippen LogP contribution in [0.2, 0.25) is 0 Å². The van der Waals surface area contributed by atoms with E-state index in [1.54, 1.807) is 6.20 Å². The van der Waals surface area contributed by atoms with Gasteiger partial charge in [0, 0.05) is 31.8 Å². The van der Waals surface area contributed by atoms with E-state index in [1.165, 1.54) is 5.57 Å². The zero-order valence-corrected chi connectivity index (χ0v) is 11.2. The fourth-order valence-corrected chi connectivity index (χ4v) is 3.75. The maximum absolute atomic E-state index is 12.3. The third-order valence-electron chi connectivity index (χ3n) is 4.37. The first-order valence-corrected chi connectivity index (χ1v) is 6.65. The lowest BCUT2D eigenvalue weighted by molar-refractivity contribution is -0.123. The van der Waals surface area contributed by atoms with Crippen molar-refractivity contribution < 1.29 is 14.7 Å². The van der Waals surface area contributed by atoms with Crippen LogP contribution in [0.15, 0.2) is 23.4 Å². The van der Waals surface area contributed by atoms with Crippen LogP contribution in [0.4, 0.5) is 4.79 Å². The molecule has 0 aromatic carbocycles. The van der Waals surface area contributed by atoms with Crippen molar-refractivity contribution in [3.05, 3.63) is 23.4 Å². The summed E-state index contributed by atoms with van der Waals surface area (Å²) < 4.78 is 0. The summed E-state index contributed by atoms with van der Waals surface area (Å²) in [5.74, 6) is 0.167. The largest absolute Gasteiger partial charge is 0.465 e. The molecule has 1 aliphatic heterocycles. The van der Waals surface area contributed by atoms with Gasteiger partial charge < -0.3 is 10.0 Å². The fourth-order valence-electron chi connectivity index (χ4n) is 3.75. The summed E-state index contributed by atoms with van der Waals surface area (Å²) in [6, 6.07) is -0.247. The van der Waals surface area contributed by atoms with Gasteiger partial charge in [-0.2, -0.15) is 0 Å². The second-order valence-electron chi connectivity index (χ2n) is 5.77. The highest BCUT2D eigenvalue weighted by Gasteiger charge is 2.55. The second kappa shape index (κ2) is 4.11. The Balaban J connectivity index is 2.05.